The van der Waals surface area contributed by atoms with Crippen molar-refractivity contribution in [2.45, 2.75) is 20.5 Å². The van der Waals surface area contributed by atoms with Crippen molar-refractivity contribution in [2.75, 3.05) is 7.11 Å². The van der Waals surface area contributed by atoms with Crippen LogP contribution in [0.15, 0.2) is 54.6 Å². The number of methoxy groups -OCH3 is 1. The third-order valence-electron chi connectivity index (χ3n) is 5.57. The lowest BCUT2D eigenvalue weighted by Gasteiger charge is -2.12. The quantitative estimate of drug-likeness (QED) is 0.356. The summed E-state index contributed by atoms with van der Waals surface area (Å²) in [5, 5.41) is 18.8. The number of fused-ring (bicyclic) bond motifs is 1. The number of hydrogen-bond donors (Lipinski definition) is 2. The maximum absolute atomic E-state index is 11.0. The number of carbonyl (C=O) groups is 1. The minimum absolute atomic E-state index is 0.223. The molecule has 0 bridgehead atoms. The van der Waals surface area contributed by atoms with E-state index in [2.05, 4.69) is 16.0 Å². The average Bonchev–Trinajstić information content (AvgIpc) is 3.24. The standard InChI is InChI=1S/C27H23N3O4/c1-16-10-22-23(11-17(16)2)30-26(29-22)21(14-28)12-19-6-9-24(25(13-19)33-3)34-15-18-4-7-20(8-5-18)27(31)32/h4-13H,15H2,1-3H3,(H,29,30)(H,31,32)/b21-12-. The van der Waals surface area contributed by atoms with Crippen LogP contribution in [0, 0.1) is 25.2 Å². The van der Waals surface area contributed by atoms with Crippen LogP contribution in [0.1, 0.15) is 38.4 Å². The molecule has 4 aromatic rings. The largest absolute Gasteiger partial charge is 0.493 e. The number of benzene rings is 3. The molecular weight excluding hydrogens is 430 g/mol. The minimum Gasteiger partial charge on any atom is -0.493 e. The number of aromatic nitrogens is 2. The molecule has 7 nitrogen and oxygen atoms in total. The van der Waals surface area contributed by atoms with Gasteiger partial charge in [-0.25, -0.2) is 9.78 Å². The molecule has 0 unspecified atom stereocenters. The fourth-order valence-corrected chi connectivity index (χ4v) is 3.52. The first-order valence-electron chi connectivity index (χ1n) is 10.6. The number of imidazole rings is 1. The molecule has 170 valence electrons. The normalized spacial score (nSPS) is 11.3. The van der Waals surface area contributed by atoms with Crippen LogP contribution < -0.4 is 9.47 Å². The molecule has 0 aliphatic rings. The summed E-state index contributed by atoms with van der Waals surface area (Å²) in [5.41, 5.74) is 6.22. The zero-order valence-corrected chi connectivity index (χ0v) is 19.0. The van der Waals surface area contributed by atoms with E-state index in [-0.39, 0.29) is 12.2 Å². The van der Waals surface area contributed by atoms with Crippen molar-refractivity contribution in [1.29, 1.82) is 5.26 Å². The summed E-state index contributed by atoms with van der Waals surface area (Å²) in [7, 11) is 1.55. The average molecular weight is 453 g/mol. The van der Waals surface area contributed by atoms with Crippen LogP contribution in [0.25, 0.3) is 22.7 Å². The Hall–Kier alpha value is -4.57. The van der Waals surface area contributed by atoms with E-state index >= 15 is 0 Å². The van der Waals surface area contributed by atoms with Crippen LogP contribution in [0.4, 0.5) is 0 Å². The predicted molar refractivity (Wildman–Crippen MR) is 130 cm³/mol. The number of nitrogens with one attached hydrogen (secondary N) is 1. The first kappa shape index (κ1) is 22.6. The third kappa shape index (κ3) is 4.76. The molecule has 0 aliphatic carbocycles. The van der Waals surface area contributed by atoms with E-state index in [1.54, 1.807) is 37.5 Å². The topological polar surface area (TPSA) is 108 Å². The van der Waals surface area contributed by atoms with Gasteiger partial charge in [0.25, 0.3) is 0 Å². The number of hydrogen-bond acceptors (Lipinski definition) is 5. The first-order valence-corrected chi connectivity index (χ1v) is 10.6. The number of rotatable bonds is 7. The van der Waals surface area contributed by atoms with Gasteiger partial charge in [-0.1, -0.05) is 18.2 Å². The predicted octanol–water partition coefficient (Wildman–Crippen LogP) is 5.53. The number of aryl methyl sites for hydroxylation is 2. The Morgan fingerprint density at radius 3 is 2.50 bits per heavy atom. The Labute approximate surface area is 196 Å². The fraction of sp³-hybridized carbons (Fsp3) is 0.148. The second-order valence-corrected chi connectivity index (χ2v) is 7.91. The molecule has 7 heteroatoms. The number of nitrogens with zero attached hydrogens (tertiary/aromatic N) is 2. The van der Waals surface area contributed by atoms with Crippen molar-refractivity contribution < 1.29 is 19.4 Å². The SMILES string of the molecule is COc1cc(/C=C(/C#N)c2nc3cc(C)c(C)cc3[nH]2)ccc1OCc1ccc(C(=O)O)cc1. The highest BCUT2D eigenvalue weighted by Crippen LogP contribution is 2.30. The Morgan fingerprint density at radius 1 is 1.09 bits per heavy atom. The van der Waals surface area contributed by atoms with Crippen LogP contribution in [0.3, 0.4) is 0 Å². The second kappa shape index (κ2) is 9.51. The van der Waals surface area contributed by atoms with Crippen LogP contribution >= 0.6 is 0 Å². The number of carboxylic acids is 1. The zero-order valence-electron chi connectivity index (χ0n) is 19.0. The second-order valence-electron chi connectivity index (χ2n) is 7.91. The van der Waals surface area contributed by atoms with Crippen LogP contribution in [-0.2, 0) is 6.61 Å². The Balaban J connectivity index is 1.56. The highest BCUT2D eigenvalue weighted by molar-refractivity contribution is 5.91. The molecule has 0 fully saturated rings. The highest BCUT2D eigenvalue weighted by Gasteiger charge is 2.11. The molecule has 0 saturated carbocycles. The van der Waals surface area contributed by atoms with Crippen molar-refractivity contribution in [3.05, 3.63) is 88.2 Å². The van der Waals surface area contributed by atoms with Crippen LogP contribution in [-0.4, -0.2) is 28.2 Å². The van der Waals surface area contributed by atoms with Crippen molar-refractivity contribution in [2.24, 2.45) is 0 Å². The molecule has 34 heavy (non-hydrogen) atoms. The van der Waals surface area contributed by atoms with Gasteiger partial charge in [0.1, 0.15) is 18.5 Å². The van der Waals surface area contributed by atoms with Gasteiger partial charge in [-0.05, 0) is 78.6 Å². The lowest BCUT2D eigenvalue weighted by Crippen LogP contribution is -2.00. The Kier molecular flexibility index (Phi) is 6.33. The fourth-order valence-electron chi connectivity index (χ4n) is 3.52. The summed E-state index contributed by atoms with van der Waals surface area (Å²) in [6, 6.07) is 18.1. The number of ether oxygens (including phenoxy) is 2. The van der Waals surface area contributed by atoms with E-state index in [4.69, 9.17) is 14.6 Å². The van der Waals surface area contributed by atoms with Gasteiger partial charge in [0.15, 0.2) is 11.5 Å². The van der Waals surface area contributed by atoms with Crippen molar-refractivity contribution in [3.8, 4) is 17.6 Å². The molecule has 0 saturated heterocycles. The number of carboxylic acid groups (broad SMARTS) is 1. The van der Waals surface area contributed by atoms with Gasteiger partial charge in [-0.3, -0.25) is 0 Å². The molecule has 0 aliphatic heterocycles. The van der Waals surface area contributed by atoms with Gasteiger partial charge < -0.3 is 19.6 Å². The van der Waals surface area contributed by atoms with E-state index in [0.717, 1.165) is 33.3 Å². The van der Waals surface area contributed by atoms with E-state index in [0.29, 0.717) is 22.9 Å². The highest BCUT2D eigenvalue weighted by atomic mass is 16.5. The molecular formula is C27H23N3O4. The Bertz CT molecular complexity index is 1400. The van der Waals surface area contributed by atoms with E-state index in [1.807, 2.05) is 32.0 Å². The third-order valence-corrected chi connectivity index (χ3v) is 5.57. The summed E-state index contributed by atoms with van der Waals surface area (Å²) in [6.07, 6.45) is 1.74. The van der Waals surface area contributed by atoms with Crippen LogP contribution in [0.2, 0.25) is 0 Å². The number of aromatic amines is 1. The van der Waals surface area contributed by atoms with Gasteiger partial charge >= 0.3 is 5.97 Å². The maximum Gasteiger partial charge on any atom is 0.335 e. The van der Waals surface area contributed by atoms with Gasteiger partial charge in [0.2, 0.25) is 0 Å². The lowest BCUT2D eigenvalue weighted by molar-refractivity contribution is 0.0697. The Morgan fingerprint density at radius 2 is 1.82 bits per heavy atom. The van der Waals surface area contributed by atoms with Gasteiger partial charge in [0.05, 0.1) is 29.3 Å². The number of H-pyrrole nitrogens is 1. The van der Waals surface area contributed by atoms with E-state index < -0.39 is 5.97 Å². The molecule has 0 radical (unpaired) electrons. The molecule has 0 atom stereocenters. The molecule has 3 aromatic carbocycles. The molecule has 4 rings (SSSR count). The lowest BCUT2D eigenvalue weighted by atomic mass is 10.1. The summed E-state index contributed by atoms with van der Waals surface area (Å²) >= 11 is 0. The van der Waals surface area contributed by atoms with E-state index in [1.165, 1.54) is 12.1 Å². The van der Waals surface area contributed by atoms with Gasteiger partial charge in [-0.2, -0.15) is 5.26 Å². The molecule has 2 N–H and O–H groups in total. The van der Waals surface area contributed by atoms with Gasteiger partial charge in [-0.15, -0.1) is 0 Å². The molecule has 0 amide bonds. The number of aromatic carboxylic acids is 1. The monoisotopic (exact) mass is 453 g/mol. The molecule has 1 heterocycles. The summed E-state index contributed by atoms with van der Waals surface area (Å²) in [6.45, 7) is 4.33. The van der Waals surface area contributed by atoms with E-state index in [9.17, 15) is 10.1 Å². The number of allylic oxidation sites excluding steroid dienone is 1. The minimum atomic E-state index is -0.970. The smallest absolute Gasteiger partial charge is 0.335 e. The van der Waals surface area contributed by atoms with Crippen molar-refractivity contribution >= 4 is 28.7 Å². The summed E-state index contributed by atoms with van der Waals surface area (Å²) in [5.74, 6) is 0.591. The van der Waals surface area contributed by atoms with Crippen molar-refractivity contribution in [1.82, 2.24) is 9.97 Å². The van der Waals surface area contributed by atoms with Crippen molar-refractivity contribution in [3.63, 3.8) is 0 Å². The maximum atomic E-state index is 11.0. The summed E-state index contributed by atoms with van der Waals surface area (Å²) < 4.78 is 11.4. The molecule has 1 aromatic heterocycles. The molecule has 0 spiro atoms. The number of nitriles is 1. The van der Waals surface area contributed by atoms with Gasteiger partial charge in [0, 0.05) is 0 Å². The zero-order chi connectivity index (χ0) is 24.2. The van der Waals surface area contributed by atoms with Crippen LogP contribution in [0.5, 0.6) is 11.5 Å². The first-order chi connectivity index (χ1) is 16.4. The summed E-state index contributed by atoms with van der Waals surface area (Å²) in [4.78, 5) is 18.8.